The number of phosphoric acid groups is 1. The van der Waals surface area contributed by atoms with Gasteiger partial charge >= 0.3 is 7.82 Å². The first-order valence-corrected chi connectivity index (χ1v) is 11.3. The first kappa shape index (κ1) is 23.9. The van der Waals surface area contributed by atoms with E-state index in [1.165, 1.54) is 17.2 Å². The number of aromatic nitrogens is 1. The van der Waals surface area contributed by atoms with Crippen LogP contribution in [0.1, 0.15) is 55.6 Å². The molecular weight excluding hydrogens is 403 g/mol. The molecule has 0 unspecified atom stereocenters. The summed E-state index contributed by atoms with van der Waals surface area (Å²) in [5.41, 5.74) is 0.362. The number of carbonyl (C=O) groups is 1. The summed E-state index contributed by atoms with van der Waals surface area (Å²) in [5, 5.41) is 23.2. The lowest BCUT2D eigenvalue weighted by Gasteiger charge is -2.13. The van der Waals surface area contributed by atoms with Gasteiger partial charge in [-0.1, -0.05) is 32.6 Å². The van der Waals surface area contributed by atoms with E-state index in [2.05, 4.69) is 16.8 Å². The van der Waals surface area contributed by atoms with Crippen LogP contribution in [-0.2, 0) is 13.8 Å². The van der Waals surface area contributed by atoms with Crippen LogP contribution in [0.5, 0.6) is 0 Å². The molecule has 11 heteroatoms. The molecule has 1 saturated heterocycles. The highest BCUT2D eigenvalue weighted by Gasteiger charge is 2.48. The lowest BCUT2D eigenvalue weighted by atomic mass is 10.1. The van der Waals surface area contributed by atoms with E-state index in [0.717, 1.165) is 25.7 Å². The number of hydrogen-bond acceptors (Lipinski definition) is 6. The average Bonchev–Trinajstić information content (AvgIpc) is 2.97. The molecule has 0 saturated carbocycles. The molecule has 1 aliphatic rings. The average molecular weight is 433 g/mol. The smallest absolute Gasteiger partial charge is 0.387 e. The molecule has 0 bridgehead atoms. The number of phosphoric ester groups is 1. The quantitative estimate of drug-likeness (QED) is 0.191. The molecule has 0 spiro atoms. The Morgan fingerprint density at radius 3 is 2.66 bits per heavy atom. The van der Waals surface area contributed by atoms with Gasteiger partial charge in [-0.3, -0.25) is 9.32 Å². The van der Waals surface area contributed by atoms with E-state index in [-0.39, 0.29) is 5.91 Å². The van der Waals surface area contributed by atoms with E-state index in [1.807, 2.05) is 0 Å². The summed E-state index contributed by atoms with van der Waals surface area (Å²) >= 11 is 0. The Balaban J connectivity index is 1.94. The minimum absolute atomic E-state index is 0.260. The predicted octanol–water partition coefficient (Wildman–Crippen LogP) is 0.403. The van der Waals surface area contributed by atoms with Crippen molar-refractivity contribution in [1.29, 1.82) is 0 Å². The van der Waals surface area contributed by atoms with Crippen LogP contribution in [0, 0.1) is 0 Å². The van der Waals surface area contributed by atoms with Gasteiger partial charge in [-0.2, -0.15) is 4.57 Å². The fourth-order valence-corrected chi connectivity index (χ4v) is 3.44. The summed E-state index contributed by atoms with van der Waals surface area (Å²) in [6.07, 6.45) is 3.57. The summed E-state index contributed by atoms with van der Waals surface area (Å²) in [7, 11) is -4.73. The number of aliphatic hydroxyl groups is 2. The van der Waals surface area contributed by atoms with Crippen LogP contribution in [0.2, 0.25) is 0 Å². The van der Waals surface area contributed by atoms with Crippen molar-refractivity contribution in [3.63, 3.8) is 0 Å². The van der Waals surface area contributed by atoms with E-state index in [9.17, 15) is 19.6 Å². The third-order valence-corrected chi connectivity index (χ3v) is 5.17. The van der Waals surface area contributed by atoms with Gasteiger partial charge in [0, 0.05) is 12.6 Å². The highest BCUT2D eigenvalue weighted by Crippen LogP contribution is 2.37. The normalized spacial score (nSPS) is 24.6. The Labute approximate surface area is 169 Å². The zero-order valence-corrected chi connectivity index (χ0v) is 17.3. The molecule has 0 radical (unpaired) electrons. The highest BCUT2D eigenvalue weighted by atomic mass is 31.2. The highest BCUT2D eigenvalue weighted by molar-refractivity contribution is 7.46. The second-order valence-corrected chi connectivity index (χ2v) is 8.28. The third kappa shape index (κ3) is 7.42. The minimum atomic E-state index is -4.73. The molecule has 5 N–H and O–H groups in total. The SMILES string of the molecule is CCCCCCCNC(=O)c1ccc[n+]([C@@H]2O[C@H](COP(=O)(O)O)[C@@H](O)[C@H]2O)c1. The molecule has 10 nitrogen and oxygen atoms in total. The molecule has 1 aliphatic heterocycles. The fraction of sp³-hybridized carbons (Fsp3) is 0.667. The van der Waals surface area contributed by atoms with Crippen molar-refractivity contribution in [3.8, 4) is 0 Å². The Hall–Kier alpha value is -1.39. The van der Waals surface area contributed by atoms with Gasteiger partial charge in [0.2, 0.25) is 0 Å². The van der Waals surface area contributed by atoms with Gasteiger partial charge < -0.3 is 30.1 Å². The molecule has 1 aromatic heterocycles. The Kier molecular flexibility index (Phi) is 9.16. The number of ether oxygens (including phenoxy) is 1. The van der Waals surface area contributed by atoms with Gasteiger partial charge in [0.15, 0.2) is 18.5 Å². The first-order chi connectivity index (χ1) is 13.7. The number of pyridine rings is 1. The third-order valence-electron chi connectivity index (χ3n) is 4.69. The van der Waals surface area contributed by atoms with Crippen LogP contribution in [0.15, 0.2) is 24.5 Å². The monoisotopic (exact) mass is 433 g/mol. The molecule has 164 valence electrons. The van der Waals surface area contributed by atoms with Crippen molar-refractivity contribution in [1.82, 2.24) is 5.32 Å². The maximum atomic E-state index is 12.3. The number of rotatable bonds is 11. The second kappa shape index (κ2) is 11.1. The number of carbonyl (C=O) groups excluding carboxylic acids is 1. The van der Waals surface area contributed by atoms with Crippen LogP contribution in [0.3, 0.4) is 0 Å². The number of amides is 1. The second-order valence-electron chi connectivity index (χ2n) is 7.04. The van der Waals surface area contributed by atoms with Gasteiger partial charge in [-0.05, 0) is 12.5 Å². The largest absolute Gasteiger partial charge is 0.469 e. The molecule has 0 aliphatic carbocycles. The first-order valence-electron chi connectivity index (χ1n) is 9.73. The topological polar surface area (TPSA) is 149 Å². The van der Waals surface area contributed by atoms with Gasteiger partial charge in [0.05, 0.1) is 6.61 Å². The summed E-state index contributed by atoms with van der Waals surface area (Å²) < 4.78 is 22.1. The maximum absolute atomic E-state index is 12.3. The van der Waals surface area contributed by atoms with Crippen molar-refractivity contribution in [2.45, 2.75) is 63.6 Å². The fourth-order valence-electron chi connectivity index (χ4n) is 3.10. The summed E-state index contributed by atoms with van der Waals surface area (Å²) in [4.78, 5) is 29.9. The van der Waals surface area contributed by atoms with Crippen LogP contribution < -0.4 is 9.88 Å². The number of nitrogens with zero attached hydrogens (tertiary/aromatic N) is 1. The number of aliphatic hydroxyl groups excluding tert-OH is 2. The molecule has 29 heavy (non-hydrogen) atoms. The van der Waals surface area contributed by atoms with Gasteiger partial charge in [0.1, 0.15) is 17.8 Å². The Morgan fingerprint density at radius 2 is 1.97 bits per heavy atom. The molecule has 2 heterocycles. The summed E-state index contributed by atoms with van der Waals surface area (Å²) in [5.74, 6) is -0.260. The maximum Gasteiger partial charge on any atom is 0.469 e. The molecule has 1 amide bonds. The van der Waals surface area contributed by atoms with E-state index in [0.29, 0.717) is 12.1 Å². The number of unbranched alkanes of at least 4 members (excludes halogenated alkanes) is 4. The zero-order chi connectivity index (χ0) is 21.4. The predicted molar refractivity (Wildman–Crippen MR) is 102 cm³/mol. The Bertz CT molecular complexity index is 713. The molecular formula is C18H30N2O8P+. The van der Waals surface area contributed by atoms with Gasteiger partial charge in [-0.15, -0.1) is 0 Å². The number of nitrogens with one attached hydrogen (secondary N) is 1. The van der Waals surface area contributed by atoms with Gasteiger partial charge in [-0.25, -0.2) is 4.57 Å². The van der Waals surface area contributed by atoms with E-state index >= 15 is 0 Å². The summed E-state index contributed by atoms with van der Waals surface area (Å²) in [6.45, 7) is 2.13. The van der Waals surface area contributed by atoms with E-state index < -0.39 is 39.0 Å². The summed E-state index contributed by atoms with van der Waals surface area (Å²) in [6, 6.07) is 3.23. The lowest BCUT2D eigenvalue weighted by Crippen LogP contribution is -2.46. The van der Waals surface area contributed by atoms with Gasteiger partial charge in [0.25, 0.3) is 12.1 Å². The van der Waals surface area contributed by atoms with Crippen molar-refractivity contribution >= 4 is 13.7 Å². The molecule has 1 fully saturated rings. The van der Waals surface area contributed by atoms with Crippen LogP contribution >= 0.6 is 7.82 Å². The lowest BCUT2D eigenvalue weighted by molar-refractivity contribution is -0.765. The molecule has 0 aromatic carbocycles. The number of hydrogen-bond donors (Lipinski definition) is 5. The van der Waals surface area contributed by atoms with Crippen molar-refractivity contribution in [2.24, 2.45) is 0 Å². The van der Waals surface area contributed by atoms with Crippen molar-refractivity contribution in [2.75, 3.05) is 13.2 Å². The molecule has 1 aromatic rings. The van der Waals surface area contributed by atoms with E-state index in [4.69, 9.17) is 14.5 Å². The van der Waals surface area contributed by atoms with Crippen molar-refractivity contribution in [3.05, 3.63) is 30.1 Å². The van der Waals surface area contributed by atoms with Crippen molar-refractivity contribution < 1.29 is 43.2 Å². The zero-order valence-electron chi connectivity index (χ0n) is 16.4. The van der Waals surface area contributed by atoms with Crippen LogP contribution in [0.25, 0.3) is 0 Å². The minimum Gasteiger partial charge on any atom is -0.387 e. The van der Waals surface area contributed by atoms with Crippen LogP contribution in [0.4, 0.5) is 0 Å². The molecule has 4 atom stereocenters. The van der Waals surface area contributed by atoms with E-state index in [1.54, 1.807) is 18.3 Å². The standard InChI is InChI=1S/C18H29N2O8P/c1-2-3-4-5-6-9-19-17(23)13-8-7-10-20(11-13)18-16(22)15(21)14(28-18)12-27-29(24,25)26/h7-8,10-11,14-16,18,21-22H,2-6,9,12H2,1H3,(H2-,19,23,24,25,26)/p+1/t14-,15-,16-,18-/m1/s1. The Morgan fingerprint density at radius 1 is 1.24 bits per heavy atom. The molecule has 2 rings (SSSR count). The van der Waals surface area contributed by atoms with Crippen LogP contribution in [-0.4, -0.2) is 57.4 Å².